The van der Waals surface area contributed by atoms with Crippen molar-refractivity contribution in [1.29, 1.82) is 0 Å². The summed E-state index contributed by atoms with van der Waals surface area (Å²) in [6.45, 7) is 0. The number of nitrogens with zero attached hydrogens (tertiary/aromatic N) is 2. The second-order valence-electron chi connectivity index (χ2n) is 0.447. The molecule has 14 nitrogen and oxygen atoms in total. The van der Waals surface area contributed by atoms with Gasteiger partial charge in [0.25, 0.3) is 0 Å². The summed E-state index contributed by atoms with van der Waals surface area (Å²) in [6.07, 6.45) is 0. The second kappa shape index (κ2) is 88.6. The van der Waals surface area contributed by atoms with E-state index < -0.39 is 10.2 Å². The van der Waals surface area contributed by atoms with Crippen LogP contribution in [0.2, 0.25) is 0 Å². The molecule has 0 atom stereocenters. The Labute approximate surface area is 113 Å². The van der Waals surface area contributed by atoms with E-state index in [0.29, 0.717) is 0 Å². The zero-order chi connectivity index (χ0) is 7.15. The summed E-state index contributed by atoms with van der Waals surface area (Å²) >= 11 is 0. The van der Waals surface area contributed by atoms with Crippen molar-refractivity contribution in [1.82, 2.24) is 0 Å². The quantitative estimate of drug-likeness (QED) is 0.229. The van der Waals surface area contributed by atoms with Gasteiger partial charge in [0.1, 0.15) is 0 Å². The summed E-state index contributed by atoms with van der Waals surface area (Å²) in [5, 5.41) is 29.5. The third-order valence-corrected chi connectivity index (χ3v) is 0. The third-order valence-electron chi connectivity index (χ3n) is 0. The van der Waals surface area contributed by atoms with Gasteiger partial charge in [-0.05, 0) is 0 Å². The molecule has 12 N–H and O–H groups in total. The van der Waals surface area contributed by atoms with E-state index in [0.717, 1.165) is 0 Å². The van der Waals surface area contributed by atoms with E-state index in [4.69, 9.17) is 30.6 Å². The van der Waals surface area contributed by atoms with E-state index in [2.05, 4.69) is 0 Å². The van der Waals surface area contributed by atoms with Crippen LogP contribution in [0.3, 0.4) is 0 Å². The molecule has 0 aromatic rings. The minimum Gasteiger partial charge on any atom is -0.412 e. The van der Waals surface area contributed by atoms with Gasteiger partial charge < -0.3 is 63.5 Å². The predicted octanol–water partition coefficient (Wildman–Crippen LogP) is -5.43. The molecule has 16 heavy (non-hydrogen) atoms. The van der Waals surface area contributed by atoms with Crippen molar-refractivity contribution in [3.8, 4) is 0 Å². The van der Waals surface area contributed by atoms with Crippen LogP contribution in [-0.2, 0) is 39.0 Å². The first-order chi connectivity index (χ1) is 3.46. The molecule has 0 radical (unpaired) electrons. The van der Waals surface area contributed by atoms with Crippen LogP contribution in [0, 0.1) is 30.6 Å². The van der Waals surface area contributed by atoms with Gasteiger partial charge in [0.15, 0.2) is 0 Å². The van der Waals surface area contributed by atoms with Gasteiger partial charge in [-0.15, -0.1) is 0 Å². The minimum atomic E-state index is -1.75. The van der Waals surface area contributed by atoms with Crippen LogP contribution in [-0.4, -0.2) is 43.0 Å². The summed E-state index contributed by atoms with van der Waals surface area (Å²) in [6, 6.07) is 0. The molecular weight excluding hydrogens is 351 g/mol. The van der Waals surface area contributed by atoms with Gasteiger partial charge in [0.05, 0.1) is 10.2 Å². The molecule has 0 heterocycles. The fraction of sp³-hybridized carbons (Fsp3) is 0. The SMILES string of the molecule is O.O.O.O.O.O.O=[N+]([O-])[O-].O=[N+]([O-])[O-].[Zn+2].[Zn+2]. The Kier molecular flexibility index (Phi) is 606. The average Bonchev–Trinajstić information content (AvgIpc) is 1.25. The Morgan fingerprint density at radius 1 is 0.500 bits per heavy atom. The fourth-order valence-electron chi connectivity index (χ4n) is 0. The van der Waals surface area contributed by atoms with E-state index in [1.54, 1.807) is 0 Å². The number of rotatable bonds is 0. The summed E-state index contributed by atoms with van der Waals surface area (Å²) in [5.74, 6) is 0. The van der Waals surface area contributed by atoms with Gasteiger partial charge in [0, 0.05) is 0 Å². The fourth-order valence-corrected chi connectivity index (χ4v) is 0. The molecule has 0 rings (SSSR count). The Morgan fingerprint density at radius 3 is 0.500 bits per heavy atom. The Bertz CT molecular complexity index is 75.0. The predicted molar refractivity (Wildman–Crippen MR) is 42.4 cm³/mol. The van der Waals surface area contributed by atoms with Crippen LogP contribution in [0.5, 0.6) is 0 Å². The van der Waals surface area contributed by atoms with Gasteiger partial charge >= 0.3 is 39.0 Å². The molecule has 16 heteroatoms. The molecule has 0 aromatic carbocycles. The molecular formula is H12N2O12Zn2+2. The van der Waals surface area contributed by atoms with E-state index in [-0.39, 0.29) is 71.8 Å². The normalized spacial score (nSPS) is 3.00. The van der Waals surface area contributed by atoms with Crippen molar-refractivity contribution in [2.24, 2.45) is 0 Å². The van der Waals surface area contributed by atoms with Gasteiger partial charge in [0.2, 0.25) is 0 Å². The first-order valence-corrected chi connectivity index (χ1v) is 1.10. The first-order valence-electron chi connectivity index (χ1n) is 1.10. The zero-order valence-electron chi connectivity index (χ0n) is 7.76. The molecule has 0 spiro atoms. The Hall–Kier alpha value is -0.593. The van der Waals surface area contributed by atoms with Gasteiger partial charge in [-0.2, -0.15) is 0 Å². The van der Waals surface area contributed by atoms with E-state index in [1.165, 1.54) is 0 Å². The second-order valence-corrected chi connectivity index (χ2v) is 0.447. The maximum Gasteiger partial charge on any atom is 2.00 e. The molecule has 0 amide bonds. The first kappa shape index (κ1) is 109. The Balaban J connectivity index is -0.00000000375. The topological polar surface area (TPSA) is 321 Å². The molecule has 0 aliphatic rings. The summed E-state index contributed by atoms with van der Waals surface area (Å²) < 4.78 is 0. The molecule has 0 bridgehead atoms. The Morgan fingerprint density at radius 2 is 0.500 bits per heavy atom. The molecule has 0 fully saturated rings. The van der Waals surface area contributed by atoms with Crippen LogP contribution in [0.1, 0.15) is 0 Å². The van der Waals surface area contributed by atoms with Crippen molar-refractivity contribution in [2.75, 3.05) is 0 Å². The third kappa shape index (κ3) is 5860. The van der Waals surface area contributed by atoms with Crippen molar-refractivity contribution < 1.29 is 82.0 Å². The van der Waals surface area contributed by atoms with Crippen LogP contribution in [0.15, 0.2) is 0 Å². The molecule has 0 aromatic heterocycles. The van der Waals surface area contributed by atoms with Gasteiger partial charge in [-0.25, -0.2) is 0 Å². The zero-order valence-corrected chi connectivity index (χ0v) is 13.7. The standard InChI is InChI=1S/2NO3.6H2O.2Zn/c2*2-1(3)4;;;;;;;;/h;;6*1H2;;/q2*-1;;;;;;;2*+2. The number of hydrogen-bond acceptors (Lipinski definition) is 6. The van der Waals surface area contributed by atoms with Crippen molar-refractivity contribution in [3.05, 3.63) is 30.6 Å². The monoisotopic (exact) mass is 360 g/mol. The van der Waals surface area contributed by atoms with Gasteiger partial charge in [-0.3, -0.25) is 0 Å². The summed E-state index contributed by atoms with van der Waals surface area (Å²) in [5.41, 5.74) is 0. The smallest absolute Gasteiger partial charge is 0.412 e. The molecule has 0 aliphatic carbocycles. The van der Waals surface area contributed by atoms with Crippen molar-refractivity contribution >= 4 is 0 Å². The van der Waals surface area contributed by atoms with E-state index >= 15 is 0 Å². The molecule has 0 saturated heterocycles. The number of hydrogen-bond donors (Lipinski definition) is 0. The van der Waals surface area contributed by atoms with Crippen molar-refractivity contribution in [2.45, 2.75) is 0 Å². The van der Waals surface area contributed by atoms with Crippen LogP contribution in [0.25, 0.3) is 0 Å². The maximum atomic E-state index is 8.25. The van der Waals surface area contributed by atoms with Crippen LogP contribution in [0.4, 0.5) is 0 Å². The van der Waals surface area contributed by atoms with Crippen LogP contribution < -0.4 is 0 Å². The van der Waals surface area contributed by atoms with E-state index in [1.807, 2.05) is 0 Å². The molecule has 0 aliphatic heterocycles. The molecule has 0 unspecified atom stereocenters. The largest absolute Gasteiger partial charge is 2.00 e. The minimum absolute atomic E-state index is 0. The van der Waals surface area contributed by atoms with E-state index in [9.17, 15) is 0 Å². The molecule has 0 saturated carbocycles. The van der Waals surface area contributed by atoms with Gasteiger partial charge in [-0.1, -0.05) is 0 Å². The molecule has 96 valence electrons. The average molecular weight is 363 g/mol. The van der Waals surface area contributed by atoms with Crippen LogP contribution >= 0.6 is 0 Å². The summed E-state index contributed by atoms with van der Waals surface area (Å²) in [4.78, 5) is 16.5. The maximum absolute atomic E-state index is 8.25. The van der Waals surface area contributed by atoms with Crippen molar-refractivity contribution in [3.63, 3.8) is 0 Å². The summed E-state index contributed by atoms with van der Waals surface area (Å²) in [7, 11) is 0.